The highest BCUT2D eigenvalue weighted by Gasteiger charge is 2.45. The largest absolute Gasteiger partial charge is 0.497 e. The van der Waals surface area contributed by atoms with Gasteiger partial charge in [0.25, 0.3) is 0 Å². The van der Waals surface area contributed by atoms with Gasteiger partial charge in [0.1, 0.15) is 60.1 Å². The number of nitrogens with zero attached hydrogens (tertiary/aromatic N) is 6. The first kappa shape index (κ1) is 67.5. The Morgan fingerprint density at radius 1 is 0.600 bits per heavy atom. The van der Waals surface area contributed by atoms with E-state index in [2.05, 4.69) is 21.3 Å². The molecular weight excluding hydrogens is 1030 g/mol. The lowest BCUT2D eigenvalue weighted by atomic mass is 9.92. The summed E-state index contributed by atoms with van der Waals surface area (Å²) >= 11 is 0. The normalized spacial score (nSPS) is 26.7. The van der Waals surface area contributed by atoms with E-state index < -0.39 is 162 Å². The van der Waals surface area contributed by atoms with Crippen molar-refractivity contribution in [3.05, 3.63) is 29.8 Å². The van der Waals surface area contributed by atoms with Crippen molar-refractivity contribution in [1.29, 1.82) is 0 Å². The van der Waals surface area contributed by atoms with Gasteiger partial charge in [0.15, 0.2) is 0 Å². The predicted molar refractivity (Wildman–Crippen MR) is 299 cm³/mol. The van der Waals surface area contributed by atoms with Crippen LogP contribution in [-0.2, 0) is 59.2 Å². The van der Waals surface area contributed by atoms with Crippen molar-refractivity contribution in [3.8, 4) is 5.75 Å². The average Bonchev–Trinajstić information content (AvgIpc) is 3.41. The molecule has 2 aliphatic rings. The third-order valence-electron chi connectivity index (χ3n) is 15.9. The number of hydrogen-bond donors (Lipinski definition) is 5. The van der Waals surface area contributed by atoms with Crippen molar-refractivity contribution in [2.45, 2.75) is 175 Å². The molecule has 0 spiro atoms. The Balaban J connectivity index is 2.27. The second-order valence-electron chi connectivity index (χ2n) is 22.8. The van der Waals surface area contributed by atoms with Gasteiger partial charge in [0.05, 0.1) is 20.1 Å². The van der Waals surface area contributed by atoms with E-state index in [1.807, 2.05) is 6.92 Å². The number of carbonyl (C=O) groups excluding carboxylic acids is 10. The molecule has 2 saturated heterocycles. The van der Waals surface area contributed by atoms with Gasteiger partial charge in [-0.05, 0) is 73.5 Å². The summed E-state index contributed by atoms with van der Waals surface area (Å²) in [6.45, 7) is 18.2. The number of likely N-dealkylation sites (N-methyl/N-ethyl adjacent to an activating group) is 5. The SMILES string of the molecule is CCC(C)[C@H]1C(=O)NCC(=O)N(C)[C@@H](C(C)C)C(=O)N[C@@H](Cc2ccc(OC)cc2)C(=O)N[C@@H](C)C(=O)N2CCCCC2C(=O)N(C)[C@@H](C(C)C)C(=O)N[C@@H](C(C)C)C(=O)N(C)[C@@H](CC(=O)O)C(=O)N(C)[C@@H](C(C)CC)C(=O)N1C. The molecule has 3 rings (SSSR count). The predicted octanol–water partition coefficient (Wildman–Crippen LogP) is 1.89. The molecule has 23 heteroatoms. The Hall–Kier alpha value is -6.81. The van der Waals surface area contributed by atoms with Gasteiger partial charge in [-0.25, -0.2) is 0 Å². The van der Waals surface area contributed by atoms with E-state index in [0.717, 1.165) is 14.7 Å². The Labute approximate surface area is 472 Å². The van der Waals surface area contributed by atoms with Gasteiger partial charge in [-0.3, -0.25) is 52.7 Å². The van der Waals surface area contributed by atoms with Crippen molar-refractivity contribution in [1.82, 2.24) is 50.7 Å². The van der Waals surface area contributed by atoms with Crippen LogP contribution in [0, 0.1) is 29.6 Å². The Kier molecular flexibility index (Phi) is 25.4. The molecule has 448 valence electrons. The summed E-state index contributed by atoms with van der Waals surface area (Å²) in [5, 5.41) is 21.2. The second kappa shape index (κ2) is 30.1. The quantitative estimate of drug-likeness (QED) is 0.200. The average molecular weight is 1130 g/mol. The highest BCUT2D eigenvalue weighted by atomic mass is 16.5. The van der Waals surface area contributed by atoms with Crippen LogP contribution in [-0.4, -0.2) is 209 Å². The van der Waals surface area contributed by atoms with Crippen LogP contribution < -0.4 is 26.0 Å². The maximum Gasteiger partial charge on any atom is 0.305 e. The fraction of sp³-hybridized carbons (Fsp3) is 0.702. The summed E-state index contributed by atoms with van der Waals surface area (Å²) in [5.41, 5.74) is 0.621. The molecular formula is C57H92N10O13. The summed E-state index contributed by atoms with van der Waals surface area (Å²) < 4.78 is 5.32. The molecule has 5 N–H and O–H groups in total. The number of methoxy groups -OCH3 is 1. The first-order valence-corrected chi connectivity index (χ1v) is 28.0. The van der Waals surface area contributed by atoms with Gasteiger partial charge in [-0.15, -0.1) is 0 Å². The molecule has 0 radical (unpaired) electrons. The number of hydrogen-bond acceptors (Lipinski definition) is 12. The Morgan fingerprint density at radius 3 is 1.65 bits per heavy atom. The lowest BCUT2D eigenvalue weighted by Gasteiger charge is -2.41. The maximum absolute atomic E-state index is 14.9. The maximum atomic E-state index is 14.9. The van der Waals surface area contributed by atoms with Gasteiger partial charge in [0.2, 0.25) is 59.1 Å². The summed E-state index contributed by atoms with van der Waals surface area (Å²) in [6, 6.07) is -4.68. The summed E-state index contributed by atoms with van der Waals surface area (Å²) in [6.07, 6.45) is 1.14. The zero-order valence-corrected chi connectivity index (χ0v) is 50.3. The number of carboxylic acid groups (broad SMARTS) is 1. The minimum atomic E-state index is -1.69. The minimum absolute atomic E-state index is 0.0527. The molecule has 2 fully saturated rings. The van der Waals surface area contributed by atoms with Crippen LogP contribution in [0.3, 0.4) is 0 Å². The number of aliphatic carboxylic acids is 1. The molecule has 0 aromatic heterocycles. The van der Waals surface area contributed by atoms with Crippen LogP contribution in [0.2, 0.25) is 0 Å². The monoisotopic (exact) mass is 1120 g/mol. The summed E-state index contributed by atoms with van der Waals surface area (Å²) in [7, 11) is 8.29. The molecule has 2 heterocycles. The molecule has 80 heavy (non-hydrogen) atoms. The Morgan fingerprint density at radius 2 is 1.12 bits per heavy atom. The smallest absolute Gasteiger partial charge is 0.305 e. The van der Waals surface area contributed by atoms with E-state index in [4.69, 9.17) is 4.74 Å². The zero-order valence-electron chi connectivity index (χ0n) is 50.3. The number of amides is 10. The van der Waals surface area contributed by atoms with Gasteiger partial charge in [-0.1, -0.05) is 94.2 Å². The number of piperidine rings is 1. The Bertz CT molecular complexity index is 2380. The lowest BCUT2D eigenvalue weighted by molar-refractivity contribution is -0.157. The van der Waals surface area contributed by atoms with Crippen molar-refractivity contribution >= 4 is 65.0 Å². The van der Waals surface area contributed by atoms with E-state index in [1.165, 1.54) is 64.0 Å². The third-order valence-corrected chi connectivity index (χ3v) is 15.9. The fourth-order valence-electron chi connectivity index (χ4n) is 10.8. The molecule has 10 amide bonds. The van der Waals surface area contributed by atoms with Crippen LogP contribution in [0.4, 0.5) is 0 Å². The number of benzene rings is 1. The molecule has 11 atom stereocenters. The summed E-state index contributed by atoms with van der Waals surface area (Å²) in [4.78, 5) is 165. The van der Waals surface area contributed by atoms with Crippen molar-refractivity contribution in [2.24, 2.45) is 29.6 Å². The first-order chi connectivity index (χ1) is 37.4. The van der Waals surface area contributed by atoms with Crippen molar-refractivity contribution in [2.75, 3.05) is 55.4 Å². The summed E-state index contributed by atoms with van der Waals surface area (Å²) in [5.74, 6) is -10.8. The lowest BCUT2D eigenvalue weighted by Crippen LogP contribution is -2.63. The topological polar surface area (TPSA) is 285 Å². The highest BCUT2D eigenvalue weighted by molar-refractivity contribution is 6.00. The molecule has 0 bridgehead atoms. The number of fused-ring (bicyclic) bond motifs is 1. The number of carbonyl (C=O) groups is 11. The first-order valence-electron chi connectivity index (χ1n) is 28.0. The molecule has 0 saturated carbocycles. The second-order valence-corrected chi connectivity index (χ2v) is 22.8. The molecule has 0 aliphatic carbocycles. The molecule has 1 aromatic carbocycles. The van der Waals surface area contributed by atoms with Crippen LogP contribution in [0.1, 0.15) is 120 Å². The van der Waals surface area contributed by atoms with E-state index in [1.54, 1.807) is 86.6 Å². The van der Waals surface area contributed by atoms with Gasteiger partial charge >= 0.3 is 5.97 Å². The zero-order chi connectivity index (χ0) is 60.8. The van der Waals surface area contributed by atoms with Crippen LogP contribution >= 0.6 is 0 Å². The van der Waals surface area contributed by atoms with Crippen molar-refractivity contribution in [3.63, 3.8) is 0 Å². The number of ether oxygens (including phenoxy) is 1. The van der Waals surface area contributed by atoms with Crippen LogP contribution in [0.15, 0.2) is 24.3 Å². The van der Waals surface area contributed by atoms with Crippen molar-refractivity contribution < 1.29 is 62.6 Å². The van der Waals surface area contributed by atoms with Gasteiger partial charge in [-0.2, -0.15) is 0 Å². The van der Waals surface area contributed by atoms with E-state index >= 15 is 0 Å². The van der Waals surface area contributed by atoms with E-state index in [0.29, 0.717) is 37.0 Å². The van der Waals surface area contributed by atoms with Crippen LogP contribution in [0.25, 0.3) is 0 Å². The molecule has 1 aromatic rings. The van der Waals surface area contributed by atoms with E-state index in [-0.39, 0.29) is 19.4 Å². The number of rotatable bonds is 12. The van der Waals surface area contributed by atoms with Gasteiger partial charge in [0, 0.05) is 48.2 Å². The fourth-order valence-corrected chi connectivity index (χ4v) is 10.8. The number of nitrogens with one attached hydrogen (secondary N) is 4. The van der Waals surface area contributed by atoms with E-state index in [9.17, 15) is 57.8 Å². The molecule has 2 aliphatic heterocycles. The minimum Gasteiger partial charge on any atom is -0.497 e. The number of carboxylic acids is 1. The molecule has 23 nitrogen and oxygen atoms in total. The third kappa shape index (κ3) is 16.6. The van der Waals surface area contributed by atoms with Gasteiger partial charge < -0.3 is 60.5 Å². The molecule has 3 unspecified atom stereocenters. The van der Waals surface area contributed by atoms with Crippen LogP contribution in [0.5, 0.6) is 5.75 Å². The standard InChI is InChI=1S/C57H92N10O13/c1-18-34(9)47-50(72)58-30-42(68)63(13)45(32(5)6)51(73)60-39(28-37-23-25-38(80-17)26-24-37)49(71)59-36(11)53(75)67-27-21-20-22-40(67)54(76)64(14)46(33(7)8)52(74)61-44(31(3)4)56(78)62(12)41(29-43(69)70)55(77)66(16)48(35(10)19-2)57(79)65(47)15/h23-26,31-36,39-41,44-48H,18-22,27-30H2,1-17H3,(H,58,72)(H,59,71)(H,60,73)(H,61,74)(H,69,70)/t34?,35?,36-,39-,40?,41-,44-,45-,46-,47-,48-/m0/s1. The highest BCUT2D eigenvalue weighted by Crippen LogP contribution is 2.26.